The van der Waals surface area contributed by atoms with Crippen LogP contribution in [-0.2, 0) is 4.79 Å². The minimum absolute atomic E-state index is 0.133. The number of aliphatic carboxylic acids is 1. The number of hydrogen-bond donors (Lipinski definition) is 2. The first-order valence-corrected chi connectivity index (χ1v) is 5.48. The van der Waals surface area contributed by atoms with Crippen molar-refractivity contribution in [2.75, 3.05) is 0 Å². The van der Waals surface area contributed by atoms with E-state index in [1.165, 1.54) is 19.1 Å². The molecule has 0 aromatic heterocycles. The van der Waals surface area contributed by atoms with Gasteiger partial charge in [-0.3, -0.25) is 9.59 Å². The highest BCUT2D eigenvalue weighted by Gasteiger charge is 2.17. The Kier molecular flexibility index (Phi) is 4.22. The quantitative estimate of drug-likeness (QED) is 0.824. The summed E-state index contributed by atoms with van der Waals surface area (Å²) < 4.78 is 13.5. The van der Waals surface area contributed by atoms with Crippen LogP contribution in [0.4, 0.5) is 4.39 Å². The van der Waals surface area contributed by atoms with Crippen molar-refractivity contribution >= 4 is 34.5 Å². The molecule has 6 heteroatoms. The van der Waals surface area contributed by atoms with Gasteiger partial charge in [0.25, 0.3) is 5.91 Å². The van der Waals surface area contributed by atoms with E-state index in [2.05, 4.69) is 5.32 Å². The number of benzene rings is 1. The van der Waals surface area contributed by atoms with E-state index in [-0.39, 0.29) is 5.56 Å². The van der Waals surface area contributed by atoms with Crippen molar-refractivity contribution in [3.05, 3.63) is 33.1 Å². The molecule has 86 valence electrons. The van der Waals surface area contributed by atoms with Crippen LogP contribution in [0.2, 0.25) is 0 Å². The summed E-state index contributed by atoms with van der Waals surface area (Å²) in [4.78, 5) is 22.1. The lowest BCUT2D eigenvalue weighted by molar-refractivity contribution is -0.138. The maximum atomic E-state index is 12.9. The molecule has 0 spiro atoms. The fraction of sp³-hybridized carbons (Fsp3) is 0.200. The van der Waals surface area contributed by atoms with Crippen LogP contribution in [-0.4, -0.2) is 23.0 Å². The van der Waals surface area contributed by atoms with Gasteiger partial charge in [-0.05, 0) is 47.7 Å². The second-order valence-electron chi connectivity index (χ2n) is 3.16. The first-order valence-electron chi connectivity index (χ1n) is 4.40. The Morgan fingerprint density at radius 2 is 2.12 bits per heavy atom. The second-order valence-corrected chi connectivity index (χ2v) is 4.32. The molecule has 0 aliphatic heterocycles. The van der Waals surface area contributed by atoms with E-state index in [1.54, 1.807) is 0 Å². The number of carbonyl (C=O) groups is 2. The maximum absolute atomic E-state index is 12.9. The molecule has 4 nitrogen and oxygen atoms in total. The van der Waals surface area contributed by atoms with Crippen molar-refractivity contribution < 1.29 is 19.1 Å². The Labute approximate surface area is 105 Å². The summed E-state index contributed by atoms with van der Waals surface area (Å²) in [7, 11) is 0. The molecule has 2 N–H and O–H groups in total. The molecule has 0 saturated heterocycles. The molecule has 0 bridgehead atoms. The first kappa shape index (κ1) is 12.9. The molecule has 1 aromatic rings. The van der Waals surface area contributed by atoms with E-state index in [9.17, 15) is 14.0 Å². The molecule has 0 fully saturated rings. The zero-order valence-electron chi connectivity index (χ0n) is 8.33. The minimum atomic E-state index is -1.14. The van der Waals surface area contributed by atoms with Gasteiger partial charge in [-0.1, -0.05) is 0 Å². The third kappa shape index (κ3) is 3.16. The van der Waals surface area contributed by atoms with Gasteiger partial charge in [-0.25, -0.2) is 4.39 Å². The predicted octanol–water partition coefficient (Wildman–Crippen LogP) is 1.63. The summed E-state index contributed by atoms with van der Waals surface area (Å²) in [6, 6.07) is 2.76. The van der Waals surface area contributed by atoms with E-state index < -0.39 is 23.7 Å². The van der Waals surface area contributed by atoms with Gasteiger partial charge in [-0.15, -0.1) is 0 Å². The normalized spacial score (nSPS) is 11.9. The van der Waals surface area contributed by atoms with Crippen molar-refractivity contribution in [3.63, 3.8) is 0 Å². The number of rotatable bonds is 3. The number of carboxylic acid groups (broad SMARTS) is 1. The Hall–Kier alpha value is -1.18. The van der Waals surface area contributed by atoms with Crippen molar-refractivity contribution in [1.82, 2.24) is 5.32 Å². The lowest BCUT2D eigenvalue weighted by atomic mass is 10.2. The summed E-state index contributed by atoms with van der Waals surface area (Å²) in [6.07, 6.45) is 0. The van der Waals surface area contributed by atoms with Crippen molar-refractivity contribution in [1.29, 1.82) is 0 Å². The zero-order valence-corrected chi connectivity index (χ0v) is 10.5. The minimum Gasteiger partial charge on any atom is -0.480 e. The number of amides is 1. The number of carbonyl (C=O) groups excluding carboxylic acids is 1. The maximum Gasteiger partial charge on any atom is 0.325 e. The van der Waals surface area contributed by atoms with Crippen LogP contribution in [0.3, 0.4) is 0 Å². The Balaban J connectivity index is 2.88. The molecule has 0 aliphatic rings. The largest absolute Gasteiger partial charge is 0.480 e. The second kappa shape index (κ2) is 5.24. The van der Waals surface area contributed by atoms with Gasteiger partial charge in [-0.2, -0.15) is 0 Å². The standard InChI is InChI=1S/C10H9FINO3/c1-5(10(15)16)13-9(14)7-4-6(11)2-3-8(7)12/h2-5H,1H3,(H,13,14)(H,15,16). The van der Waals surface area contributed by atoms with Gasteiger partial charge in [0.05, 0.1) is 5.56 Å². The molecule has 1 aromatic carbocycles. The van der Waals surface area contributed by atoms with Crippen LogP contribution in [0.5, 0.6) is 0 Å². The average molecular weight is 337 g/mol. The van der Waals surface area contributed by atoms with Gasteiger partial charge in [0.2, 0.25) is 0 Å². The van der Waals surface area contributed by atoms with Crippen LogP contribution in [0.15, 0.2) is 18.2 Å². The number of hydrogen-bond acceptors (Lipinski definition) is 2. The van der Waals surface area contributed by atoms with Crippen LogP contribution in [0.25, 0.3) is 0 Å². The third-order valence-corrected chi connectivity index (χ3v) is 2.83. The van der Waals surface area contributed by atoms with Gasteiger partial charge in [0.15, 0.2) is 0 Å². The Morgan fingerprint density at radius 1 is 1.50 bits per heavy atom. The van der Waals surface area contributed by atoms with Crippen molar-refractivity contribution in [2.45, 2.75) is 13.0 Å². The summed E-state index contributed by atoms with van der Waals surface area (Å²) in [5.41, 5.74) is 0.133. The summed E-state index contributed by atoms with van der Waals surface area (Å²) in [5, 5.41) is 10.9. The molecule has 1 atom stereocenters. The molecule has 1 unspecified atom stereocenters. The smallest absolute Gasteiger partial charge is 0.325 e. The van der Waals surface area contributed by atoms with E-state index >= 15 is 0 Å². The molecule has 0 heterocycles. The summed E-state index contributed by atoms with van der Waals surface area (Å²) in [6.45, 7) is 1.34. The molecule has 16 heavy (non-hydrogen) atoms. The number of halogens is 2. The molecular weight excluding hydrogens is 328 g/mol. The summed E-state index contributed by atoms with van der Waals surface area (Å²) >= 11 is 1.88. The van der Waals surface area contributed by atoms with Crippen LogP contribution in [0.1, 0.15) is 17.3 Å². The summed E-state index contributed by atoms with van der Waals surface area (Å²) in [5.74, 6) is -2.27. The lowest BCUT2D eigenvalue weighted by Crippen LogP contribution is -2.38. The van der Waals surface area contributed by atoms with Crippen LogP contribution in [0, 0.1) is 9.39 Å². The average Bonchev–Trinajstić information content (AvgIpc) is 2.21. The van der Waals surface area contributed by atoms with E-state index in [0.717, 1.165) is 6.07 Å². The molecule has 1 amide bonds. The van der Waals surface area contributed by atoms with Crippen LogP contribution >= 0.6 is 22.6 Å². The van der Waals surface area contributed by atoms with Crippen LogP contribution < -0.4 is 5.32 Å². The van der Waals surface area contributed by atoms with E-state index in [0.29, 0.717) is 3.57 Å². The van der Waals surface area contributed by atoms with Gasteiger partial charge in [0, 0.05) is 3.57 Å². The molecule has 0 aliphatic carbocycles. The van der Waals surface area contributed by atoms with Gasteiger partial charge in [0.1, 0.15) is 11.9 Å². The Bertz CT molecular complexity index is 436. The molecular formula is C10H9FINO3. The predicted molar refractivity (Wildman–Crippen MR) is 63.7 cm³/mol. The van der Waals surface area contributed by atoms with E-state index in [4.69, 9.17) is 5.11 Å². The molecule has 0 saturated carbocycles. The monoisotopic (exact) mass is 337 g/mol. The van der Waals surface area contributed by atoms with Crippen molar-refractivity contribution in [3.8, 4) is 0 Å². The highest BCUT2D eigenvalue weighted by molar-refractivity contribution is 14.1. The highest BCUT2D eigenvalue weighted by Crippen LogP contribution is 2.13. The number of nitrogens with one attached hydrogen (secondary N) is 1. The Morgan fingerprint density at radius 3 is 2.69 bits per heavy atom. The molecule has 0 radical (unpaired) electrons. The van der Waals surface area contributed by atoms with Gasteiger partial charge < -0.3 is 10.4 Å². The lowest BCUT2D eigenvalue weighted by Gasteiger charge is -2.10. The van der Waals surface area contributed by atoms with Crippen molar-refractivity contribution in [2.24, 2.45) is 0 Å². The van der Waals surface area contributed by atoms with E-state index in [1.807, 2.05) is 22.6 Å². The molecule has 1 rings (SSSR count). The number of carboxylic acids is 1. The highest BCUT2D eigenvalue weighted by atomic mass is 127. The zero-order chi connectivity index (χ0) is 12.3. The van der Waals surface area contributed by atoms with Gasteiger partial charge >= 0.3 is 5.97 Å². The first-order chi connectivity index (χ1) is 7.41. The fourth-order valence-corrected chi connectivity index (χ4v) is 1.59. The fourth-order valence-electron chi connectivity index (χ4n) is 1.01. The third-order valence-electron chi connectivity index (χ3n) is 1.89. The topological polar surface area (TPSA) is 66.4 Å². The SMILES string of the molecule is CC(NC(=O)c1cc(F)ccc1I)C(=O)O.